The Morgan fingerprint density at radius 2 is 2.42 bits per heavy atom. The molecule has 1 heterocycles. The highest BCUT2D eigenvalue weighted by molar-refractivity contribution is 7.99. The van der Waals surface area contributed by atoms with Gasteiger partial charge in [0, 0.05) is 17.9 Å². The van der Waals surface area contributed by atoms with Gasteiger partial charge in [0.1, 0.15) is 12.1 Å². The van der Waals surface area contributed by atoms with E-state index in [1.54, 1.807) is 6.08 Å². The van der Waals surface area contributed by atoms with Crippen LogP contribution >= 0.6 is 11.8 Å². The number of hydrogen-bond donors (Lipinski definition) is 2. The fourth-order valence-electron chi connectivity index (χ4n) is 1.66. The number of nitrogens with one attached hydrogen (secondary N) is 2. The smallest absolute Gasteiger partial charge is 0.329 e. The highest BCUT2D eigenvalue weighted by Crippen LogP contribution is 2.09. The standard InChI is InChI=1S/C12H18N2O4S/c1-3-6-19-7-9(12(17)18-2)14-11(16)8-4-5-10(15)13-8/h3,8-9H,1,4-7H2,2H3,(H,13,15)(H,14,16). The average molecular weight is 286 g/mol. The van der Waals surface area contributed by atoms with Crippen LogP contribution in [0.25, 0.3) is 0 Å². The molecule has 2 N–H and O–H groups in total. The summed E-state index contributed by atoms with van der Waals surface area (Å²) >= 11 is 1.47. The number of thioether (sulfide) groups is 1. The minimum Gasteiger partial charge on any atom is -0.467 e. The zero-order chi connectivity index (χ0) is 14.3. The van der Waals surface area contributed by atoms with Crippen molar-refractivity contribution in [2.24, 2.45) is 0 Å². The minimum atomic E-state index is -0.708. The van der Waals surface area contributed by atoms with Gasteiger partial charge in [-0.3, -0.25) is 9.59 Å². The second kappa shape index (κ2) is 7.83. The van der Waals surface area contributed by atoms with Gasteiger partial charge in [-0.15, -0.1) is 6.58 Å². The van der Waals surface area contributed by atoms with E-state index >= 15 is 0 Å². The van der Waals surface area contributed by atoms with Crippen molar-refractivity contribution in [2.45, 2.75) is 24.9 Å². The molecule has 2 atom stereocenters. The molecule has 1 aliphatic heterocycles. The Morgan fingerprint density at radius 1 is 1.68 bits per heavy atom. The summed E-state index contributed by atoms with van der Waals surface area (Å²) in [6.07, 6.45) is 2.52. The van der Waals surface area contributed by atoms with Crippen LogP contribution in [0.2, 0.25) is 0 Å². The molecule has 2 unspecified atom stereocenters. The number of carbonyl (C=O) groups excluding carboxylic acids is 3. The number of hydrogen-bond acceptors (Lipinski definition) is 5. The molecular formula is C12H18N2O4S. The lowest BCUT2D eigenvalue weighted by Gasteiger charge is -2.18. The maximum absolute atomic E-state index is 11.9. The van der Waals surface area contributed by atoms with Gasteiger partial charge in [-0.05, 0) is 6.42 Å². The maximum atomic E-state index is 11.9. The van der Waals surface area contributed by atoms with Crippen LogP contribution in [-0.4, -0.2) is 48.5 Å². The molecule has 1 rings (SSSR count). The first-order chi connectivity index (χ1) is 9.08. The van der Waals surface area contributed by atoms with Gasteiger partial charge in [-0.1, -0.05) is 6.08 Å². The number of carbonyl (C=O) groups is 3. The molecule has 6 nitrogen and oxygen atoms in total. The van der Waals surface area contributed by atoms with E-state index in [0.29, 0.717) is 24.3 Å². The van der Waals surface area contributed by atoms with Crippen LogP contribution in [0.15, 0.2) is 12.7 Å². The first-order valence-corrected chi connectivity index (χ1v) is 7.10. The van der Waals surface area contributed by atoms with Crippen molar-refractivity contribution in [1.82, 2.24) is 10.6 Å². The molecule has 1 aliphatic rings. The van der Waals surface area contributed by atoms with E-state index in [0.717, 1.165) is 0 Å². The third-order valence-electron chi connectivity index (χ3n) is 2.63. The number of esters is 1. The molecule has 0 aliphatic carbocycles. The monoisotopic (exact) mass is 286 g/mol. The first-order valence-electron chi connectivity index (χ1n) is 5.94. The zero-order valence-electron chi connectivity index (χ0n) is 10.8. The predicted octanol–water partition coefficient (Wildman–Crippen LogP) is -0.158. The van der Waals surface area contributed by atoms with Gasteiger partial charge in [0.25, 0.3) is 0 Å². The van der Waals surface area contributed by atoms with Crippen molar-refractivity contribution < 1.29 is 19.1 Å². The van der Waals surface area contributed by atoms with Gasteiger partial charge in [-0.2, -0.15) is 11.8 Å². The number of methoxy groups -OCH3 is 1. The lowest BCUT2D eigenvalue weighted by atomic mass is 10.2. The second-order valence-corrected chi connectivity index (χ2v) is 5.14. The van der Waals surface area contributed by atoms with E-state index in [9.17, 15) is 14.4 Å². The molecule has 0 saturated carbocycles. The van der Waals surface area contributed by atoms with Gasteiger partial charge in [0.2, 0.25) is 11.8 Å². The van der Waals surface area contributed by atoms with Gasteiger partial charge in [-0.25, -0.2) is 4.79 Å². The topological polar surface area (TPSA) is 84.5 Å². The van der Waals surface area contributed by atoms with E-state index in [1.165, 1.54) is 18.9 Å². The van der Waals surface area contributed by atoms with E-state index in [4.69, 9.17) is 0 Å². The Balaban J connectivity index is 2.50. The maximum Gasteiger partial charge on any atom is 0.329 e. The summed E-state index contributed by atoms with van der Waals surface area (Å²) in [6, 6.07) is -1.26. The quantitative estimate of drug-likeness (QED) is 0.386. The predicted molar refractivity (Wildman–Crippen MR) is 72.6 cm³/mol. The molecule has 0 bridgehead atoms. The summed E-state index contributed by atoms with van der Waals surface area (Å²) < 4.78 is 4.65. The Kier molecular flexibility index (Phi) is 6.41. The van der Waals surface area contributed by atoms with Gasteiger partial charge in [0.15, 0.2) is 0 Å². The lowest BCUT2D eigenvalue weighted by molar-refractivity contribution is -0.144. The van der Waals surface area contributed by atoms with Gasteiger partial charge < -0.3 is 15.4 Å². The van der Waals surface area contributed by atoms with Crippen molar-refractivity contribution in [3.8, 4) is 0 Å². The van der Waals surface area contributed by atoms with Crippen molar-refractivity contribution in [3.05, 3.63) is 12.7 Å². The second-order valence-electron chi connectivity index (χ2n) is 4.07. The van der Waals surface area contributed by atoms with E-state index < -0.39 is 18.1 Å². The Hall–Kier alpha value is -1.50. The highest BCUT2D eigenvalue weighted by atomic mass is 32.2. The molecule has 2 amide bonds. The van der Waals surface area contributed by atoms with Crippen LogP contribution in [0.5, 0.6) is 0 Å². The molecule has 0 aromatic carbocycles. The SMILES string of the molecule is C=CCSCC(NC(=O)C1CCC(=O)N1)C(=O)OC. The molecule has 0 spiro atoms. The third kappa shape index (κ3) is 4.94. The summed E-state index contributed by atoms with van der Waals surface area (Å²) in [5.74, 6) is 0.111. The summed E-state index contributed by atoms with van der Waals surface area (Å²) in [5, 5.41) is 5.16. The number of rotatable bonds is 7. The molecule has 19 heavy (non-hydrogen) atoms. The molecular weight excluding hydrogens is 268 g/mol. The summed E-state index contributed by atoms with van der Waals surface area (Å²) in [4.78, 5) is 34.5. The number of ether oxygens (including phenoxy) is 1. The van der Waals surface area contributed by atoms with Crippen molar-refractivity contribution in [1.29, 1.82) is 0 Å². The minimum absolute atomic E-state index is 0.143. The summed E-state index contributed by atoms with van der Waals surface area (Å²) in [6.45, 7) is 3.58. The van der Waals surface area contributed by atoms with Crippen LogP contribution in [0.1, 0.15) is 12.8 Å². The van der Waals surface area contributed by atoms with Crippen molar-refractivity contribution >= 4 is 29.5 Å². The molecule has 0 radical (unpaired) electrons. The Morgan fingerprint density at radius 3 is 2.95 bits per heavy atom. The molecule has 1 saturated heterocycles. The van der Waals surface area contributed by atoms with Gasteiger partial charge in [0.05, 0.1) is 7.11 Å². The lowest BCUT2D eigenvalue weighted by Crippen LogP contribution is -2.50. The third-order valence-corrected chi connectivity index (χ3v) is 3.67. The molecule has 0 aromatic heterocycles. The molecule has 0 aromatic rings. The van der Waals surface area contributed by atoms with Crippen LogP contribution in [0.3, 0.4) is 0 Å². The van der Waals surface area contributed by atoms with E-state index in [1.807, 2.05) is 0 Å². The first kappa shape index (κ1) is 15.6. The molecule has 106 valence electrons. The Bertz CT molecular complexity index is 373. The highest BCUT2D eigenvalue weighted by Gasteiger charge is 2.30. The molecule has 7 heteroatoms. The van der Waals surface area contributed by atoms with E-state index in [2.05, 4.69) is 21.9 Å². The number of amides is 2. The van der Waals surface area contributed by atoms with Gasteiger partial charge >= 0.3 is 5.97 Å². The summed E-state index contributed by atoms with van der Waals surface area (Å²) in [7, 11) is 1.27. The average Bonchev–Trinajstić information content (AvgIpc) is 2.83. The fourth-order valence-corrected chi connectivity index (χ4v) is 2.42. The fraction of sp³-hybridized carbons (Fsp3) is 0.583. The normalized spacial score (nSPS) is 19.4. The zero-order valence-corrected chi connectivity index (χ0v) is 11.6. The van der Waals surface area contributed by atoms with E-state index in [-0.39, 0.29) is 11.8 Å². The van der Waals surface area contributed by atoms with Crippen molar-refractivity contribution in [3.63, 3.8) is 0 Å². The Labute approximate surface area is 116 Å². The summed E-state index contributed by atoms with van der Waals surface area (Å²) in [5.41, 5.74) is 0. The largest absolute Gasteiger partial charge is 0.467 e. The van der Waals surface area contributed by atoms with Crippen LogP contribution in [0.4, 0.5) is 0 Å². The van der Waals surface area contributed by atoms with Crippen LogP contribution < -0.4 is 10.6 Å². The molecule has 1 fully saturated rings. The van der Waals surface area contributed by atoms with Crippen LogP contribution in [-0.2, 0) is 19.1 Å². The van der Waals surface area contributed by atoms with Crippen LogP contribution in [0, 0.1) is 0 Å². The van der Waals surface area contributed by atoms with Crippen molar-refractivity contribution in [2.75, 3.05) is 18.6 Å².